The van der Waals surface area contributed by atoms with Gasteiger partial charge in [0.05, 0.1) is 29.3 Å². The molecule has 0 saturated heterocycles. The summed E-state index contributed by atoms with van der Waals surface area (Å²) in [6, 6.07) is 6.47. The molecule has 2 rings (SSSR count). The molecule has 1 aromatic carbocycles. The Morgan fingerprint density at radius 3 is 2.84 bits per heavy atom. The Morgan fingerprint density at radius 1 is 1.47 bits per heavy atom. The van der Waals surface area contributed by atoms with E-state index in [9.17, 15) is 4.79 Å². The van der Waals surface area contributed by atoms with Gasteiger partial charge in [0.15, 0.2) is 11.5 Å². The standard InChI is InChI=1S/C13H8ClNO3S/c1-17-11-5-8(6-15)4-10(14)12(11)18-13(16)9-2-3-19-7-9/h2-5,7H,1H3. The van der Waals surface area contributed by atoms with Crippen molar-refractivity contribution < 1.29 is 14.3 Å². The van der Waals surface area contributed by atoms with Crippen molar-refractivity contribution in [3.8, 4) is 17.6 Å². The van der Waals surface area contributed by atoms with Gasteiger partial charge in [-0.2, -0.15) is 16.6 Å². The lowest BCUT2D eigenvalue weighted by Gasteiger charge is -2.10. The smallest absolute Gasteiger partial charge is 0.344 e. The van der Waals surface area contributed by atoms with Crippen LogP contribution in [0.5, 0.6) is 11.5 Å². The second kappa shape index (κ2) is 5.74. The molecule has 6 heteroatoms. The summed E-state index contributed by atoms with van der Waals surface area (Å²) in [7, 11) is 1.41. The van der Waals surface area contributed by atoms with E-state index in [2.05, 4.69) is 0 Å². The third-order valence-corrected chi connectivity index (χ3v) is 3.27. The van der Waals surface area contributed by atoms with Crippen LogP contribution in [0.4, 0.5) is 0 Å². The number of esters is 1. The van der Waals surface area contributed by atoms with Gasteiger partial charge in [-0.3, -0.25) is 0 Å². The van der Waals surface area contributed by atoms with Crippen molar-refractivity contribution >= 4 is 28.9 Å². The highest BCUT2D eigenvalue weighted by Gasteiger charge is 2.17. The number of hydrogen-bond acceptors (Lipinski definition) is 5. The van der Waals surface area contributed by atoms with Crippen molar-refractivity contribution in [3.63, 3.8) is 0 Å². The number of hydrogen-bond donors (Lipinski definition) is 0. The van der Waals surface area contributed by atoms with Crippen molar-refractivity contribution in [2.24, 2.45) is 0 Å². The summed E-state index contributed by atoms with van der Waals surface area (Å²) in [6.07, 6.45) is 0. The van der Waals surface area contributed by atoms with Gasteiger partial charge in [-0.25, -0.2) is 4.79 Å². The van der Waals surface area contributed by atoms with Crippen LogP contribution in [0.2, 0.25) is 5.02 Å². The highest BCUT2D eigenvalue weighted by atomic mass is 35.5. The molecule has 0 fully saturated rings. The monoisotopic (exact) mass is 293 g/mol. The summed E-state index contributed by atoms with van der Waals surface area (Å²) in [4.78, 5) is 11.9. The maximum Gasteiger partial charge on any atom is 0.344 e. The van der Waals surface area contributed by atoms with E-state index in [1.165, 1.54) is 30.6 Å². The van der Waals surface area contributed by atoms with Crippen molar-refractivity contribution in [3.05, 3.63) is 45.1 Å². The first kappa shape index (κ1) is 13.4. The van der Waals surface area contributed by atoms with E-state index in [4.69, 9.17) is 26.3 Å². The second-order valence-corrected chi connectivity index (χ2v) is 4.69. The largest absolute Gasteiger partial charge is 0.493 e. The Bertz CT molecular complexity index is 647. The Kier molecular flexibility index (Phi) is 4.05. The minimum absolute atomic E-state index is 0.111. The number of nitrogens with zero attached hydrogens (tertiary/aromatic N) is 1. The molecule has 0 amide bonds. The fourth-order valence-electron chi connectivity index (χ4n) is 1.42. The number of carbonyl (C=O) groups excluding carboxylic acids is 1. The average Bonchev–Trinajstić information content (AvgIpc) is 2.94. The van der Waals surface area contributed by atoms with Gasteiger partial charge >= 0.3 is 5.97 Å². The molecule has 0 aliphatic heterocycles. The number of thiophene rings is 1. The normalized spacial score (nSPS) is 9.74. The van der Waals surface area contributed by atoms with E-state index in [0.29, 0.717) is 11.1 Å². The van der Waals surface area contributed by atoms with Gasteiger partial charge < -0.3 is 9.47 Å². The number of nitriles is 1. The van der Waals surface area contributed by atoms with E-state index in [1.54, 1.807) is 16.8 Å². The molecule has 0 unspecified atom stereocenters. The van der Waals surface area contributed by atoms with E-state index in [0.717, 1.165) is 0 Å². The van der Waals surface area contributed by atoms with Crippen molar-refractivity contribution in [2.45, 2.75) is 0 Å². The molecular weight excluding hydrogens is 286 g/mol. The molecule has 19 heavy (non-hydrogen) atoms. The van der Waals surface area contributed by atoms with Crippen LogP contribution in [-0.4, -0.2) is 13.1 Å². The van der Waals surface area contributed by atoms with Crippen LogP contribution in [0.15, 0.2) is 29.0 Å². The Hall–Kier alpha value is -2.03. The predicted molar refractivity (Wildman–Crippen MR) is 72.0 cm³/mol. The lowest BCUT2D eigenvalue weighted by molar-refractivity contribution is 0.0730. The third kappa shape index (κ3) is 2.87. The maximum atomic E-state index is 11.9. The van der Waals surface area contributed by atoms with Gasteiger partial charge in [0, 0.05) is 11.4 Å². The lowest BCUT2D eigenvalue weighted by atomic mass is 10.2. The van der Waals surface area contributed by atoms with Gasteiger partial charge in [-0.15, -0.1) is 0 Å². The molecule has 1 aromatic heterocycles. The summed E-state index contributed by atoms with van der Waals surface area (Å²) in [5.74, 6) is -0.168. The van der Waals surface area contributed by atoms with Crippen molar-refractivity contribution in [1.29, 1.82) is 5.26 Å². The topological polar surface area (TPSA) is 59.3 Å². The first-order valence-corrected chi connectivity index (χ1v) is 6.49. The van der Waals surface area contributed by atoms with Crippen LogP contribution in [-0.2, 0) is 0 Å². The summed E-state index contributed by atoms with van der Waals surface area (Å²) < 4.78 is 10.3. The molecule has 0 radical (unpaired) electrons. The first-order chi connectivity index (χ1) is 9.15. The molecular formula is C13H8ClNO3S. The van der Waals surface area contributed by atoms with Gasteiger partial charge in [0.25, 0.3) is 0 Å². The average molecular weight is 294 g/mol. The summed E-state index contributed by atoms with van der Waals surface area (Å²) in [5.41, 5.74) is 0.768. The fourth-order valence-corrected chi connectivity index (χ4v) is 2.29. The fraction of sp³-hybridized carbons (Fsp3) is 0.0769. The van der Waals surface area contributed by atoms with Crippen LogP contribution < -0.4 is 9.47 Å². The molecule has 0 spiro atoms. The van der Waals surface area contributed by atoms with Crippen LogP contribution >= 0.6 is 22.9 Å². The molecule has 2 aromatic rings. The lowest BCUT2D eigenvalue weighted by Crippen LogP contribution is -2.08. The second-order valence-electron chi connectivity index (χ2n) is 3.50. The van der Waals surface area contributed by atoms with Crippen LogP contribution in [0.25, 0.3) is 0 Å². The SMILES string of the molecule is COc1cc(C#N)cc(Cl)c1OC(=O)c1ccsc1. The Balaban J connectivity index is 2.35. The molecule has 0 saturated carbocycles. The predicted octanol–water partition coefficient (Wildman–Crippen LogP) is 3.50. The first-order valence-electron chi connectivity index (χ1n) is 5.17. The van der Waals surface area contributed by atoms with Crippen molar-refractivity contribution in [1.82, 2.24) is 0 Å². The molecule has 0 bridgehead atoms. The highest BCUT2D eigenvalue weighted by Crippen LogP contribution is 2.36. The van der Waals surface area contributed by atoms with Crippen LogP contribution in [0.1, 0.15) is 15.9 Å². The molecule has 0 N–H and O–H groups in total. The minimum atomic E-state index is -0.522. The molecule has 1 heterocycles. The minimum Gasteiger partial charge on any atom is -0.493 e. The third-order valence-electron chi connectivity index (χ3n) is 2.31. The van der Waals surface area contributed by atoms with Gasteiger partial charge in [0.2, 0.25) is 0 Å². The number of rotatable bonds is 3. The number of halogens is 1. The number of methoxy groups -OCH3 is 1. The van der Waals surface area contributed by atoms with Gasteiger partial charge in [-0.05, 0) is 17.5 Å². The van der Waals surface area contributed by atoms with E-state index in [1.807, 2.05) is 6.07 Å². The quantitative estimate of drug-likeness (QED) is 0.642. The van der Waals surface area contributed by atoms with Crippen LogP contribution in [0.3, 0.4) is 0 Å². The highest BCUT2D eigenvalue weighted by molar-refractivity contribution is 7.08. The summed E-state index contributed by atoms with van der Waals surface area (Å²) in [6.45, 7) is 0. The van der Waals surface area contributed by atoms with Crippen molar-refractivity contribution in [2.75, 3.05) is 7.11 Å². The number of carbonyl (C=O) groups is 1. The Morgan fingerprint density at radius 2 is 2.26 bits per heavy atom. The van der Waals surface area contributed by atoms with Gasteiger partial charge in [0.1, 0.15) is 0 Å². The number of ether oxygens (including phenoxy) is 2. The Labute approximate surface area is 118 Å². The zero-order valence-electron chi connectivity index (χ0n) is 9.84. The summed E-state index contributed by atoms with van der Waals surface area (Å²) in [5, 5.41) is 12.4. The van der Waals surface area contributed by atoms with E-state index in [-0.39, 0.29) is 16.5 Å². The summed E-state index contributed by atoms with van der Waals surface area (Å²) >= 11 is 7.38. The van der Waals surface area contributed by atoms with Crippen LogP contribution in [0, 0.1) is 11.3 Å². The molecule has 96 valence electrons. The van der Waals surface area contributed by atoms with Gasteiger partial charge in [-0.1, -0.05) is 11.6 Å². The molecule has 0 aliphatic carbocycles. The molecule has 0 aliphatic rings. The zero-order chi connectivity index (χ0) is 13.8. The van der Waals surface area contributed by atoms with E-state index >= 15 is 0 Å². The molecule has 4 nitrogen and oxygen atoms in total. The molecule has 0 atom stereocenters. The maximum absolute atomic E-state index is 11.9. The van der Waals surface area contributed by atoms with E-state index < -0.39 is 5.97 Å². The number of benzene rings is 1. The zero-order valence-corrected chi connectivity index (χ0v) is 11.4.